The zero-order chi connectivity index (χ0) is 35.3. The molecule has 0 amide bonds. The Bertz CT molecular complexity index is 2120. The van der Waals surface area contributed by atoms with Crippen LogP contribution in [0.25, 0.3) is 21.9 Å². The van der Waals surface area contributed by atoms with Crippen LogP contribution >= 0.6 is 0 Å². The van der Waals surface area contributed by atoms with Gasteiger partial charge in [-0.2, -0.15) is 0 Å². The number of furan rings is 2. The fourth-order valence-corrected chi connectivity index (χ4v) is 5.34. The van der Waals surface area contributed by atoms with Crippen molar-refractivity contribution in [1.82, 2.24) is 0 Å². The molecular formula is C33H31NaO15S. The van der Waals surface area contributed by atoms with Gasteiger partial charge in [0.15, 0.2) is 35.6 Å². The van der Waals surface area contributed by atoms with Crippen LogP contribution in [0.5, 0.6) is 28.7 Å². The van der Waals surface area contributed by atoms with Gasteiger partial charge in [-0.25, -0.2) is 18.0 Å². The third-order valence-electron chi connectivity index (χ3n) is 7.04. The van der Waals surface area contributed by atoms with Crippen molar-refractivity contribution in [3.63, 3.8) is 0 Å². The predicted molar refractivity (Wildman–Crippen MR) is 169 cm³/mol. The predicted octanol–water partition coefficient (Wildman–Crippen LogP) is 2.44. The molecule has 0 spiro atoms. The largest absolute Gasteiger partial charge is 1.00 e. The quantitative estimate of drug-likeness (QED) is 0.0503. The first-order valence-corrected chi connectivity index (χ1v) is 15.9. The third-order valence-corrected chi connectivity index (χ3v) is 7.43. The Hall–Kier alpha value is -4.45. The van der Waals surface area contributed by atoms with E-state index in [9.17, 15) is 22.6 Å². The molecule has 0 aliphatic heterocycles. The van der Waals surface area contributed by atoms with E-state index in [0.717, 1.165) is 6.07 Å². The van der Waals surface area contributed by atoms with E-state index in [1.807, 2.05) is 0 Å². The molecule has 0 N–H and O–H groups in total. The number of hydrogen-bond donors (Lipinski definition) is 0. The van der Waals surface area contributed by atoms with Crippen LogP contribution in [-0.4, -0.2) is 59.6 Å². The van der Waals surface area contributed by atoms with Gasteiger partial charge in [0.1, 0.15) is 47.0 Å². The second-order valence-electron chi connectivity index (χ2n) is 10.2. The van der Waals surface area contributed by atoms with Gasteiger partial charge in [-0.15, -0.1) is 0 Å². The van der Waals surface area contributed by atoms with E-state index >= 15 is 0 Å². The summed E-state index contributed by atoms with van der Waals surface area (Å²) in [5, 5.41) is 0.446. The normalized spacial score (nSPS) is 11.2. The van der Waals surface area contributed by atoms with Gasteiger partial charge in [-0.1, -0.05) is 12.1 Å². The van der Waals surface area contributed by atoms with E-state index in [1.54, 1.807) is 38.1 Å². The van der Waals surface area contributed by atoms with Crippen LogP contribution < -0.4 is 52.7 Å². The average molecular weight is 723 g/mol. The van der Waals surface area contributed by atoms with E-state index in [2.05, 4.69) is 4.18 Å². The molecule has 0 radical (unpaired) electrons. The van der Waals surface area contributed by atoms with Gasteiger partial charge in [0.2, 0.25) is 0 Å². The Morgan fingerprint density at radius 3 is 2.08 bits per heavy atom. The minimum Gasteiger partial charge on any atom is -0.716 e. The Labute approximate surface area is 308 Å². The maximum Gasteiger partial charge on any atom is 1.00 e. The molecule has 3 aromatic carbocycles. The first kappa shape index (κ1) is 38.4. The van der Waals surface area contributed by atoms with E-state index in [4.69, 9.17) is 42.0 Å². The van der Waals surface area contributed by atoms with Gasteiger partial charge >= 0.3 is 41.5 Å². The summed E-state index contributed by atoms with van der Waals surface area (Å²) in [6.07, 6.45) is 0. The maximum atomic E-state index is 13.3. The number of fused-ring (bicyclic) bond motifs is 2. The van der Waals surface area contributed by atoms with Crippen LogP contribution in [-0.2, 0) is 37.8 Å². The van der Waals surface area contributed by atoms with Gasteiger partial charge in [-0.3, -0.25) is 0 Å². The second kappa shape index (κ2) is 16.5. The number of carbonyl (C=O) groups excluding carboxylic acids is 2. The summed E-state index contributed by atoms with van der Waals surface area (Å²) in [7, 11) is -1.04. The smallest absolute Gasteiger partial charge is 0.716 e. The van der Waals surface area contributed by atoms with Crippen LogP contribution in [0.2, 0.25) is 0 Å². The molecule has 5 rings (SSSR count). The molecule has 0 saturated carbocycles. The van der Waals surface area contributed by atoms with Crippen LogP contribution in [0.4, 0.5) is 0 Å². The Kier molecular flexibility index (Phi) is 12.7. The first-order valence-electron chi connectivity index (χ1n) is 14.5. The second-order valence-corrected chi connectivity index (χ2v) is 11.2. The standard InChI is InChI=1S/C33H32O15S.Na/c1-6-42-33(35)31-22-12-28(48-49(36,37)38)26(41-5)14-24(22)47-29(31)16-43-27-11-21-23(13-25(27)40-4)46-18(2)30(21)32(34)44-15-19-8-7-9-20(10-19)45-17-39-3;/h7-14H,6,15-17H2,1-5H3,(H,36,37,38);/q;+1/p-1. The van der Waals surface area contributed by atoms with Crippen LogP contribution in [0, 0.1) is 6.92 Å². The number of ether oxygens (including phenoxy) is 7. The molecule has 0 atom stereocenters. The molecule has 0 aliphatic rings. The summed E-state index contributed by atoms with van der Waals surface area (Å²) in [5.41, 5.74) is 1.16. The fraction of sp³-hybridized carbons (Fsp3) is 0.273. The average Bonchev–Trinajstić information content (AvgIpc) is 3.59. The Morgan fingerprint density at radius 1 is 0.780 bits per heavy atom. The Morgan fingerprint density at radius 2 is 1.42 bits per heavy atom. The number of esters is 2. The molecule has 0 unspecified atom stereocenters. The minimum absolute atomic E-state index is 0. The van der Waals surface area contributed by atoms with Crippen molar-refractivity contribution in [2.45, 2.75) is 27.1 Å². The fourth-order valence-electron chi connectivity index (χ4n) is 4.99. The Balaban J connectivity index is 0.00000562. The molecule has 2 heterocycles. The molecule has 0 fully saturated rings. The molecule has 2 aromatic heterocycles. The van der Waals surface area contributed by atoms with Gasteiger partial charge in [-0.05, 0) is 43.7 Å². The molecule has 17 heteroatoms. The van der Waals surface area contributed by atoms with Crippen LogP contribution in [0.15, 0.2) is 57.4 Å². The number of methoxy groups -OCH3 is 3. The molecule has 50 heavy (non-hydrogen) atoms. The third kappa shape index (κ3) is 8.64. The monoisotopic (exact) mass is 722 g/mol. The minimum atomic E-state index is -5.18. The van der Waals surface area contributed by atoms with Crippen molar-refractivity contribution < 1.29 is 98.3 Å². The summed E-state index contributed by atoms with van der Waals surface area (Å²) in [5.74, 6) is -0.838. The molecule has 15 nitrogen and oxygen atoms in total. The number of hydrogen-bond acceptors (Lipinski definition) is 15. The van der Waals surface area contributed by atoms with Crippen molar-refractivity contribution >= 4 is 44.3 Å². The van der Waals surface area contributed by atoms with Crippen molar-refractivity contribution in [3.05, 3.63) is 76.7 Å². The van der Waals surface area contributed by atoms with E-state index in [0.29, 0.717) is 28.0 Å². The molecule has 0 aliphatic carbocycles. The van der Waals surface area contributed by atoms with Gasteiger partial charge in [0.05, 0.1) is 20.8 Å². The van der Waals surface area contributed by atoms with Crippen molar-refractivity contribution in [2.24, 2.45) is 0 Å². The zero-order valence-electron chi connectivity index (χ0n) is 28.0. The van der Waals surface area contributed by atoms with Crippen molar-refractivity contribution in [2.75, 3.05) is 34.7 Å². The first-order chi connectivity index (χ1) is 23.5. The van der Waals surface area contributed by atoms with E-state index < -0.39 is 28.1 Å². The zero-order valence-corrected chi connectivity index (χ0v) is 30.8. The summed E-state index contributed by atoms with van der Waals surface area (Å²) in [6, 6.07) is 12.4. The molecule has 0 saturated heterocycles. The van der Waals surface area contributed by atoms with Gasteiger partial charge in [0.25, 0.3) is 10.4 Å². The van der Waals surface area contributed by atoms with E-state index in [-0.39, 0.29) is 101 Å². The molecule has 5 aromatic rings. The summed E-state index contributed by atoms with van der Waals surface area (Å²) in [6.45, 7) is 2.89. The number of carbonyl (C=O) groups is 2. The molecular weight excluding hydrogens is 691 g/mol. The molecule has 0 bridgehead atoms. The van der Waals surface area contributed by atoms with Crippen molar-refractivity contribution in [3.8, 4) is 28.7 Å². The van der Waals surface area contributed by atoms with Crippen LogP contribution in [0.3, 0.4) is 0 Å². The summed E-state index contributed by atoms with van der Waals surface area (Å²) >= 11 is 0. The topological polar surface area (TPSA) is 191 Å². The number of benzene rings is 3. The van der Waals surface area contributed by atoms with Crippen molar-refractivity contribution in [1.29, 1.82) is 0 Å². The van der Waals surface area contributed by atoms with Crippen LogP contribution in [0.1, 0.15) is 44.7 Å². The summed E-state index contributed by atoms with van der Waals surface area (Å²) < 4.78 is 88.1. The van der Waals surface area contributed by atoms with E-state index in [1.165, 1.54) is 39.5 Å². The molecule has 260 valence electrons. The number of aryl methyl sites for hydroxylation is 1. The van der Waals surface area contributed by atoms with Gasteiger partial charge < -0.3 is 50.7 Å². The maximum absolute atomic E-state index is 13.3. The van der Waals surface area contributed by atoms with Gasteiger partial charge in [0, 0.05) is 30.0 Å². The SMILES string of the molecule is CCOC(=O)c1c(COc2cc3c(C(=O)OCc4cccc(OCOC)c4)c(C)oc3cc2OC)oc2cc(OC)c(OS(=O)(=O)[O-])cc12.[Na+]. The number of rotatable bonds is 15. The summed E-state index contributed by atoms with van der Waals surface area (Å²) in [4.78, 5) is 26.4.